The summed E-state index contributed by atoms with van der Waals surface area (Å²) in [6, 6.07) is 18.0. The Morgan fingerprint density at radius 2 is 1.72 bits per heavy atom. The largest absolute Gasteiger partial charge is 0.337 e. The standard InChI is InChI=1S/C22H22ClN3O3/c1-2-24(15-18-9-6-10-19(23)13-18)21(28)16-26-20(27)11-12-25(22(26)29)14-17-7-4-3-5-8-17/h3-13H,2,14-16H2,1H3. The van der Waals surface area contributed by atoms with Crippen molar-refractivity contribution in [3.63, 3.8) is 0 Å². The van der Waals surface area contributed by atoms with E-state index >= 15 is 0 Å². The third kappa shape index (κ3) is 5.23. The molecule has 0 bridgehead atoms. The van der Waals surface area contributed by atoms with Crippen molar-refractivity contribution in [3.05, 3.63) is 104 Å². The molecule has 0 saturated carbocycles. The van der Waals surface area contributed by atoms with Crippen LogP contribution < -0.4 is 11.2 Å². The van der Waals surface area contributed by atoms with Gasteiger partial charge in [-0.2, -0.15) is 0 Å². The van der Waals surface area contributed by atoms with Crippen LogP contribution in [0.2, 0.25) is 5.02 Å². The zero-order valence-corrected chi connectivity index (χ0v) is 16.9. The van der Waals surface area contributed by atoms with Crippen molar-refractivity contribution in [2.75, 3.05) is 6.54 Å². The van der Waals surface area contributed by atoms with Crippen molar-refractivity contribution < 1.29 is 4.79 Å². The summed E-state index contributed by atoms with van der Waals surface area (Å²) >= 11 is 6.01. The van der Waals surface area contributed by atoms with Crippen molar-refractivity contribution in [2.24, 2.45) is 0 Å². The first-order valence-corrected chi connectivity index (χ1v) is 9.72. The lowest BCUT2D eigenvalue weighted by atomic mass is 10.2. The molecule has 2 aromatic carbocycles. The number of hydrogen-bond acceptors (Lipinski definition) is 3. The van der Waals surface area contributed by atoms with E-state index in [9.17, 15) is 14.4 Å². The zero-order valence-electron chi connectivity index (χ0n) is 16.1. The molecule has 3 rings (SSSR count). The summed E-state index contributed by atoms with van der Waals surface area (Å²) in [5, 5.41) is 0.592. The van der Waals surface area contributed by atoms with Crippen LogP contribution in [0.25, 0.3) is 0 Å². The quantitative estimate of drug-likeness (QED) is 0.600. The van der Waals surface area contributed by atoms with Crippen molar-refractivity contribution >= 4 is 17.5 Å². The van der Waals surface area contributed by atoms with Crippen molar-refractivity contribution in [1.82, 2.24) is 14.0 Å². The van der Waals surface area contributed by atoms with Gasteiger partial charge in [0.25, 0.3) is 5.56 Å². The van der Waals surface area contributed by atoms with Gasteiger partial charge in [-0.1, -0.05) is 54.1 Å². The second-order valence-corrected chi connectivity index (χ2v) is 7.11. The molecule has 0 radical (unpaired) electrons. The van der Waals surface area contributed by atoms with Gasteiger partial charge in [0.1, 0.15) is 6.54 Å². The number of likely N-dealkylation sites (N-methyl/N-ethyl adjacent to an activating group) is 1. The van der Waals surface area contributed by atoms with E-state index in [1.54, 1.807) is 17.0 Å². The summed E-state index contributed by atoms with van der Waals surface area (Å²) in [4.78, 5) is 39.4. The molecule has 1 aromatic heterocycles. The Balaban J connectivity index is 1.80. The molecule has 7 heteroatoms. The lowest BCUT2D eigenvalue weighted by Crippen LogP contribution is -2.44. The van der Waals surface area contributed by atoms with E-state index < -0.39 is 11.2 Å². The maximum absolute atomic E-state index is 12.8. The molecule has 0 atom stereocenters. The molecule has 29 heavy (non-hydrogen) atoms. The number of carbonyl (C=O) groups excluding carboxylic acids is 1. The predicted octanol–water partition coefficient (Wildman–Crippen LogP) is 2.76. The monoisotopic (exact) mass is 411 g/mol. The number of carbonyl (C=O) groups is 1. The molecule has 0 N–H and O–H groups in total. The molecule has 0 spiro atoms. The van der Waals surface area contributed by atoms with E-state index in [1.807, 2.05) is 49.4 Å². The molecule has 6 nitrogen and oxygen atoms in total. The molecule has 0 unspecified atom stereocenters. The number of hydrogen-bond donors (Lipinski definition) is 0. The van der Waals surface area contributed by atoms with Crippen LogP contribution in [0, 0.1) is 0 Å². The third-order valence-electron chi connectivity index (χ3n) is 4.63. The Morgan fingerprint density at radius 3 is 2.41 bits per heavy atom. The van der Waals surface area contributed by atoms with E-state index in [4.69, 9.17) is 11.6 Å². The number of nitrogens with zero attached hydrogens (tertiary/aromatic N) is 3. The molecule has 0 aliphatic heterocycles. The fourth-order valence-electron chi connectivity index (χ4n) is 3.07. The van der Waals surface area contributed by atoms with Gasteiger partial charge in [0.05, 0.1) is 6.54 Å². The molecule has 1 heterocycles. The number of aromatic nitrogens is 2. The fraction of sp³-hybridized carbons (Fsp3) is 0.227. The highest BCUT2D eigenvalue weighted by Crippen LogP contribution is 2.13. The second kappa shape index (κ2) is 9.39. The maximum Gasteiger partial charge on any atom is 0.331 e. The molecule has 0 aliphatic rings. The van der Waals surface area contributed by atoms with Crippen LogP contribution in [0.15, 0.2) is 76.4 Å². The predicted molar refractivity (Wildman–Crippen MR) is 113 cm³/mol. The van der Waals surface area contributed by atoms with Gasteiger partial charge in [-0.3, -0.25) is 18.7 Å². The van der Waals surface area contributed by atoms with Crippen molar-refractivity contribution in [2.45, 2.75) is 26.6 Å². The first-order valence-electron chi connectivity index (χ1n) is 9.34. The number of rotatable bonds is 7. The van der Waals surface area contributed by atoms with E-state index in [0.717, 1.165) is 15.7 Å². The molecule has 3 aromatic rings. The van der Waals surface area contributed by atoms with Crippen molar-refractivity contribution in [1.29, 1.82) is 0 Å². The zero-order chi connectivity index (χ0) is 20.8. The van der Waals surface area contributed by atoms with Crippen LogP contribution in [-0.2, 0) is 24.4 Å². The molecule has 150 valence electrons. The summed E-state index contributed by atoms with van der Waals surface area (Å²) in [6.07, 6.45) is 1.46. The Labute approximate surface area is 173 Å². The lowest BCUT2D eigenvalue weighted by molar-refractivity contribution is -0.132. The van der Waals surface area contributed by atoms with Gasteiger partial charge < -0.3 is 4.90 Å². The fourth-order valence-corrected chi connectivity index (χ4v) is 3.28. The van der Waals surface area contributed by atoms with Gasteiger partial charge in [0.15, 0.2) is 0 Å². The minimum absolute atomic E-state index is 0.302. The van der Waals surface area contributed by atoms with Gasteiger partial charge >= 0.3 is 5.69 Å². The van der Waals surface area contributed by atoms with Gasteiger partial charge in [-0.15, -0.1) is 0 Å². The van der Waals surface area contributed by atoms with E-state index in [0.29, 0.717) is 24.7 Å². The highest BCUT2D eigenvalue weighted by molar-refractivity contribution is 6.30. The van der Waals surface area contributed by atoms with Gasteiger partial charge in [-0.05, 0) is 30.2 Å². The van der Waals surface area contributed by atoms with Crippen LogP contribution in [0.4, 0.5) is 0 Å². The van der Waals surface area contributed by atoms with E-state index in [-0.39, 0.29) is 12.5 Å². The molecule has 0 fully saturated rings. The highest BCUT2D eigenvalue weighted by Gasteiger charge is 2.16. The van der Waals surface area contributed by atoms with Crippen molar-refractivity contribution in [3.8, 4) is 0 Å². The highest BCUT2D eigenvalue weighted by atomic mass is 35.5. The van der Waals surface area contributed by atoms with Crippen LogP contribution in [-0.4, -0.2) is 26.5 Å². The summed E-state index contributed by atoms with van der Waals surface area (Å²) < 4.78 is 2.41. The Kier molecular flexibility index (Phi) is 6.67. The number of amides is 1. The molecule has 1 amide bonds. The first kappa shape index (κ1) is 20.6. The molecular weight excluding hydrogens is 390 g/mol. The first-order chi connectivity index (χ1) is 14.0. The maximum atomic E-state index is 12.8. The van der Waals surface area contributed by atoms with Gasteiger partial charge in [-0.25, -0.2) is 4.79 Å². The van der Waals surface area contributed by atoms with E-state index in [2.05, 4.69) is 0 Å². The Morgan fingerprint density at radius 1 is 1.00 bits per heavy atom. The second-order valence-electron chi connectivity index (χ2n) is 6.67. The minimum Gasteiger partial charge on any atom is -0.337 e. The smallest absolute Gasteiger partial charge is 0.331 e. The van der Waals surface area contributed by atoms with Crippen LogP contribution >= 0.6 is 11.6 Å². The Bertz CT molecular complexity index is 1110. The van der Waals surface area contributed by atoms with Crippen LogP contribution in [0.3, 0.4) is 0 Å². The Hall–Kier alpha value is -3.12. The number of benzene rings is 2. The molecular formula is C22H22ClN3O3. The molecule has 0 saturated heterocycles. The summed E-state index contributed by atoms with van der Waals surface area (Å²) in [6.45, 7) is 2.68. The third-order valence-corrected chi connectivity index (χ3v) is 4.86. The average molecular weight is 412 g/mol. The van der Waals surface area contributed by atoms with Crippen LogP contribution in [0.1, 0.15) is 18.1 Å². The van der Waals surface area contributed by atoms with E-state index in [1.165, 1.54) is 16.8 Å². The van der Waals surface area contributed by atoms with Gasteiger partial charge in [0, 0.05) is 30.4 Å². The topological polar surface area (TPSA) is 64.3 Å². The number of halogens is 1. The SMILES string of the molecule is CCN(Cc1cccc(Cl)c1)C(=O)Cn1c(=O)ccn(Cc2ccccc2)c1=O. The summed E-state index contributed by atoms with van der Waals surface area (Å²) in [5.74, 6) is -0.302. The summed E-state index contributed by atoms with van der Waals surface area (Å²) in [5.41, 5.74) is 0.817. The lowest BCUT2D eigenvalue weighted by Gasteiger charge is -2.21. The molecule has 0 aliphatic carbocycles. The minimum atomic E-state index is -0.506. The average Bonchev–Trinajstić information content (AvgIpc) is 2.72. The van der Waals surface area contributed by atoms with Gasteiger partial charge in [0.2, 0.25) is 5.91 Å². The normalized spacial score (nSPS) is 10.7. The summed E-state index contributed by atoms with van der Waals surface area (Å²) in [7, 11) is 0. The van der Waals surface area contributed by atoms with Crippen LogP contribution in [0.5, 0.6) is 0 Å².